The van der Waals surface area contributed by atoms with Gasteiger partial charge in [0, 0.05) is 44.7 Å². The average molecular weight is 665 g/mol. The highest BCUT2D eigenvalue weighted by molar-refractivity contribution is 6.28. The molecule has 0 saturated carbocycles. The first-order valence-corrected chi connectivity index (χ1v) is 17.4. The van der Waals surface area contributed by atoms with Crippen LogP contribution in [0.5, 0.6) is 0 Å². The van der Waals surface area contributed by atoms with Crippen molar-refractivity contribution in [3.8, 4) is 34.2 Å². The van der Waals surface area contributed by atoms with E-state index in [1.165, 1.54) is 0 Å². The van der Waals surface area contributed by atoms with Crippen molar-refractivity contribution >= 4 is 65.4 Å². The molecule has 11 aromatic rings. The number of hydrogen-bond acceptors (Lipinski definition) is 4. The highest BCUT2D eigenvalue weighted by Gasteiger charge is 2.22. The van der Waals surface area contributed by atoms with Crippen LogP contribution >= 0.6 is 0 Å². The third-order valence-corrected chi connectivity index (χ3v) is 10.2. The van der Waals surface area contributed by atoms with Crippen molar-refractivity contribution < 1.29 is 0 Å². The third-order valence-electron chi connectivity index (χ3n) is 10.2. The van der Waals surface area contributed by atoms with E-state index in [1.54, 1.807) is 0 Å². The minimum absolute atomic E-state index is 0.638. The Balaban J connectivity index is 1.15. The number of fused-ring (bicyclic) bond motifs is 9. The first-order chi connectivity index (χ1) is 25.8. The second-order valence-corrected chi connectivity index (χ2v) is 13.2. The molecule has 0 unspecified atom stereocenters. The molecule has 0 saturated heterocycles. The molecule has 0 aliphatic heterocycles. The minimum atomic E-state index is 0.638. The second kappa shape index (κ2) is 11.2. The Morgan fingerprint density at radius 1 is 0.346 bits per heavy atom. The van der Waals surface area contributed by atoms with Crippen molar-refractivity contribution in [1.82, 2.24) is 29.1 Å². The molecule has 0 N–H and O–H groups in total. The van der Waals surface area contributed by atoms with E-state index < -0.39 is 0 Å². The summed E-state index contributed by atoms with van der Waals surface area (Å²) in [5, 5.41) is 6.58. The van der Waals surface area contributed by atoms with Gasteiger partial charge < -0.3 is 0 Å². The van der Waals surface area contributed by atoms with Crippen LogP contribution in [-0.2, 0) is 0 Å². The first-order valence-electron chi connectivity index (χ1n) is 17.4. The van der Waals surface area contributed by atoms with Crippen molar-refractivity contribution in [2.75, 3.05) is 0 Å². The van der Waals surface area contributed by atoms with Crippen LogP contribution in [0.3, 0.4) is 0 Å². The lowest BCUT2D eigenvalue weighted by Gasteiger charge is -2.09. The number of rotatable bonds is 4. The van der Waals surface area contributed by atoms with Gasteiger partial charge in [-0.1, -0.05) is 121 Å². The lowest BCUT2D eigenvalue weighted by atomic mass is 10.0. The molecule has 4 heterocycles. The van der Waals surface area contributed by atoms with Gasteiger partial charge in [-0.3, -0.25) is 9.13 Å². The molecule has 11 rings (SSSR count). The summed E-state index contributed by atoms with van der Waals surface area (Å²) in [7, 11) is 0. The lowest BCUT2D eigenvalue weighted by Crippen LogP contribution is -2.02. The summed E-state index contributed by atoms with van der Waals surface area (Å²) in [4.78, 5) is 20.2. The molecule has 0 amide bonds. The highest BCUT2D eigenvalue weighted by Crippen LogP contribution is 2.42. The van der Waals surface area contributed by atoms with E-state index in [0.717, 1.165) is 87.7 Å². The fourth-order valence-corrected chi connectivity index (χ4v) is 7.81. The number of nitrogens with zero attached hydrogens (tertiary/aromatic N) is 6. The molecule has 6 nitrogen and oxygen atoms in total. The molecule has 4 aromatic heterocycles. The molecule has 0 aliphatic rings. The predicted molar refractivity (Wildman–Crippen MR) is 212 cm³/mol. The van der Waals surface area contributed by atoms with Gasteiger partial charge in [0.25, 0.3) is 0 Å². The molecule has 242 valence electrons. The van der Waals surface area contributed by atoms with Crippen LogP contribution in [0.15, 0.2) is 170 Å². The van der Waals surface area contributed by atoms with Crippen molar-refractivity contribution in [3.05, 3.63) is 170 Å². The van der Waals surface area contributed by atoms with Gasteiger partial charge in [0.15, 0.2) is 0 Å². The Morgan fingerprint density at radius 3 is 1.23 bits per heavy atom. The lowest BCUT2D eigenvalue weighted by molar-refractivity contribution is 1.01. The molecule has 52 heavy (non-hydrogen) atoms. The Kier molecular flexibility index (Phi) is 6.15. The predicted octanol–water partition coefficient (Wildman–Crippen LogP) is 11.1. The average Bonchev–Trinajstić information content (AvgIpc) is 3.73. The SMILES string of the molecule is c1ccc(-c2ccc3cnc(-n4c5ccccc5c5c6c7ccccc7n(-c7ncc8ccc(-c9ccccc9)cc8n7)c6ccc54)nc3c2)cc1. The molecule has 7 aromatic carbocycles. The zero-order valence-electron chi connectivity index (χ0n) is 27.8. The second-order valence-electron chi connectivity index (χ2n) is 13.2. The Bertz CT molecular complexity index is 2960. The number of para-hydroxylation sites is 2. The number of benzene rings is 7. The maximum atomic E-state index is 5.18. The standard InChI is InChI=1S/C46H28N6/c1-3-11-29(12-4-1)31-19-21-33-27-47-45(49-37(33)25-31)51-39-17-9-7-15-35(39)43-41(51)23-24-42-44(43)36-16-8-10-18-40(36)52(42)46-48-28-34-22-20-32(26-38(34)50-46)30-13-5-2-6-14-30/h1-28H. The van der Waals surface area contributed by atoms with E-state index in [1.807, 2.05) is 24.5 Å². The number of hydrogen-bond donors (Lipinski definition) is 0. The van der Waals surface area contributed by atoms with E-state index in [-0.39, 0.29) is 0 Å². The van der Waals surface area contributed by atoms with Crippen LogP contribution in [0.25, 0.3) is 99.6 Å². The van der Waals surface area contributed by atoms with Crippen LogP contribution < -0.4 is 0 Å². The van der Waals surface area contributed by atoms with Crippen molar-refractivity contribution in [1.29, 1.82) is 0 Å². The van der Waals surface area contributed by atoms with Crippen molar-refractivity contribution in [2.45, 2.75) is 0 Å². The zero-order valence-corrected chi connectivity index (χ0v) is 27.8. The molecular weight excluding hydrogens is 637 g/mol. The van der Waals surface area contributed by atoms with Gasteiger partial charge in [-0.15, -0.1) is 0 Å². The topological polar surface area (TPSA) is 61.4 Å². The molecule has 0 atom stereocenters. The highest BCUT2D eigenvalue weighted by atomic mass is 15.2. The monoisotopic (exact) mass is 664 g/mol. The van der Waals surface area contributed by atoms with Gasteiger partial charge >= 0.3 is 0 Å². The first kappa shape index (κ1) is 28.6. The van der Waals surface area contributed by atoms with Gasteiger partial charge in [0.05, 0.1) is 33.1 Å². The Hall–Kier alpha value is -7.18. The quantitative estimate of drug-likeness (QED) is 0.188. The van der Waals surface area contributed by atoms with Crippen molar-refractivity contribution in [3.63, 3.8) is 0 Å². The fraction of sp³-hybridized carbons (Fsp3) is 0. The Labute approximate surface area is 297 Å². The van der Waals surface area contributed by atoms with Gasteiger partial charge in [0.1, 0.15) is 0 Å². The molecular formula is C46H28N6. The maximum absolute atomic E-state index is 5.18. The van der Waals surface area contributed by atoms with Gasteiger partial charge in [0.2, 0.25) is 11.9 Å². The van der Waals surface area contributed by atoms with E-state index in [9.17, 15) is 0 Å². The number of aromatic nitrogens is 6. The largest absolute Gasteiger partial charge is 0.278 e. The summed E-state index contributed by atoms with van der Waals surface area (Å²) in [5.41, 5.74) is 10.6. The smallest absolute Gasteiger partial charge is 0.235 e. The van der Waals surface area contributed by atoms with Gasteiger partial charge in [-0.2, -0.15) is 0 Å². The summed E-state index contributed by atoms with van der Waals surface area (Å²) in [5.74, 6) is 1.28. The third kappa shape index (κ3) is 4.31. The van der Waals surface area contributed by atoms with Crippen LogP contribution in [0.1, 0.15) is 0 Å². The zero-order chi connectivity index (χ0) is 34.2. The molecule has 0 spiro atoms. The molecule has 0 radical (unpaired) electrons. The van der Waals surface area contributed by atoms with Gasteiger partial charge in [-0.25, -0.2) is 19.9 Å². The van der Waals surface area contributed by atoms with Crippen LogP contribution in [0.2, 0.25) is 0 Å². The molecule has 0 aliphatic carbocycles. The van der Waals surface area contributed by atoms with Crippen molar-refractivity contribution in [2.24, 2.45) is 0 Å². The van der Waals surface area contributed by atoms with E-state index >= 15 is 0 Å². The maximum Gasteiger partial charge on any atom is 0.235 e. The van der Waals surface area contributed by atoms with E-state index in [4.69, 9.17) is 19.9 Å². The summed E-state index contributed by atoms with van der Waals surface area (Å²) in [6.45, 7) is 0. The molecule has 6 heteroatoms. The van der Waals surface area contributed by atoms with Crippen LogP contribution in [-0.4, -0.2) is 29.1 Å². The molecule has 0 fully saturated rings. The minimum Gasteiger partial charge on any atom is -0.278 e. The molecule has 0 bridgehead atoms. The fourth-order valence-electron chi connectivity index (χ4n) is 7.81. The summed E-state index contributed by atoms with van der Waals surface area (Å²) >= 11 is 0. The van der Waals surface area contributed by atoms with Crippen LogP contribution in [0.4, 0.5) is 0 Å². The Morgan fingerprint density at radius 2 is 0.769 bits per heavy atom. The summed E-state index contributed by atoms with van der Waals surface area (Å²) < 4.78 is 4.39. The van der Waals surface area contributed by atoms with Crippen LogP contribution in [0, 0.1) is 0 Å². The van der Waals surface area contributed by atoms with E-state index in [0.29, 0.717) is 11.9 Å². The summed E-state index contributed by atoms with van der Waals surface area (Å²) in [6.07, 6.45) is 3.86. The van der Waals surface area contributed by atoms with E-state index in [2.05, 4.69) is 155 Å². The normalized spacial score (nSPS) is 11.8. The van der Waals surface area contributed by atoms with Gasteiger partial charge in [-0.05, 0) is 58.7 Å². The summed E-state index contributed by atoms with van der Waals surface area (Å²) in [6, 6.07) is 55.1.